The van der Waals surface area contributed by atoms with Crippen molar-refractivity contribution in [2.24, 2.45) is 0 Å². The SMILES string of the molecule is CS(=O)(=O)c1ccc(Cl)c(S(=O)(=O)NC(CO)CO)c1. The Kier molecular flexibility index (Phi) is 5.53. The Morgan fingerprint density at radius 3 is 2.20 bits per heavy atom. The Morgan fingerprint density at radius 1 is 1.20 bits per heavy atom. The van der Waals surface area contributed by atoms with E-state index in [9.17, 15) is 16.8 Å². The fourth-order valence-corrected chi connectivity index (χ4v) is 3.80. The van der Waals surface area contributed by atoms with Crippen molar-refractivity contribution < 1.29 is 27.0 Å². The maximum absolute atomic E-state index is 12.0. The molecule has 0 saturated carbocycles. The Balaban J connectivity index is 3.31. The molecule has 0 fully saturated rings. The molecule has 0 aliphatic heterocycles. The highest BCUT2D eigenvalue weighted by Gasteiger charge is 2.23. The van der Waals surface area contributed by atoms with Gasteiger partial charge in [0.25, 0.3) is 0 Å². The maximum atomic E-state index is 12.0. The molecule has 1 aromatic rings. The quantitative estimate of drug-likeness (QED) is 0.632. The molecular weight excluding hydrogens is 330 g/mol. The van der Waals surface area contributed by atoms with Gasteiger partial charge >= 0.3 is 0 Å². The average molecular weight is 344 g/mol. The van der Waals surface area contributed by atoms with E-state index in [1.807, 2.05) is 4.72 Å². The second-order valence-corrected chi connectivity index (χ2v) is 8.15. The summed E-state index contributed by atoms with van der Waals surface area (Å²) < 4.78 is 49.0. The maximum Gasteiger partial charge on any atom is 0.242 e. The van der Waals surface area contributed by atoms with Crippen LogP contribution in [0.4, 0.5) is 0 Å². The molecule has 0 spiro atoms. The summed E-state index contributed by atoms with van der Waals surface area (Å²) in [7, 11) is -7.76. The highest BCUT2D eigenvalue weighted by Crippen LogP contribution is 2.24. The lowest BCUT2D eigenvalue weighted by Crippen LogP contribution is -2.40. The van der Waals surface area contributed by atoms with Crippen LogP contribution in [0.5, 0.6) is 0 Å². The summed E-state index contributed by atoms with van der Waals surface area (Å²) in [6.45, 7) is -1.22. The van der Waals surface area contributed by atoms with E-state index >= 15 is 0 Å². The van der Waals surface area contributed by atoms with Crippen LogP contribution in [0.2, 0.25) is 5.02 Å². The Bertz CT molecular complexity index is 682. The lowest BCUT2D eigenvalue weighted by Gasteiger charge is -2.15. The second-order valence-electron chi connectivity index (χ2n) is 4.05. The Labute approximate surface area is 122 Å². The van der Waals surface area contributed by atoms with Crippen LogP contribution in [0.3, 0.4) is 0 Å². The summed E-state index contributed by atoms with van der Waals surface area (Å²) >= 11 is 5.76. The predicted molar refractivity (Wildman–Crippen MR) is 72.8 cm³/mol. The molecule has 0 bridgehead atoms. The number of sulfonamides is 1. The van der Waals surface area contributed by atoms with Crippen LogP contribution in [0.1, 0.15) is 0 Å². The fourth-order valence-electron chi connectivity index (χ4n) is 1.34. The molecule has 1 aromatic carbocycles. The molecule has 0 radical (unpaired) electrons. The van der Waals surface area contributed by atoms with Crippen molar-refractivity contribution in [3.8, 4) is 0 Å². The minimum absolute atomic E-state index is 0.167. The van der Waals surface area contributed by atoms with E-state index in [0.717, 1.165) is 18.4 Å². The van der Waals surface area contributed by atoms with Gasteiger partial charge in [0.15, 0.2) is 9.84 Å². The molecule has 0 amide bonds. The lowest BCUT2D eigenvalue weighted by atomic mass is 10.4. The summed E-state index contributed by atoms with van der Waals surface area (Å²) in [5.74, 6) is 0. The van der Waals surface area contributed by atoms with E-state index in [0.29, 0.717) is 0 Å². The van der Waals surface area contributed by atoms with E-state index in [1.165, 1.54) is 6.07 Å². The second kappa shape index (κ2) is 6.37. The average Bonchev–Trinajstić information content (AvgIpc) is 2.34. The zero-order valence-corrected chi connectivity index (χ0v) is 12.8. The van der Waals surface area contributed by atoms with Crippen LogP contribution < -0.4 is 4.72 Å². The standard InChI is InChI=1S/C10H14ClNO6S2/c1-19(15,16)8-2-3-9(11)10(4-8)20(17,18)12-7(5-13)6-14/h2-4,7,12-14H,5-6H2,1H3. The summed E-state index contributed by atoms with van der Waals surface area (Å²) in [5, 5.41) is 17.6. The molecule has 7 nitrogen and oxygen atoms in total. The Hall–Kier alpha value is -0.710. The van der Waals surface area contributed by atoms with E-state index in [2.05, 4.69) is 0 Å². The largest absolute Gasteiger partial charge is 0.395 e. The number of hydrogen-bond donors (Lipinski definition) is 3. The molecule has 10 heteroatoms. The molecule has 0 aromatic heterocycles. The van der Waals surface area contributed by atoms with Crippen LogP contribution in [-0.4, -0.2) is 52.6 Å². The highest BCUT2D eigenvalue weighted by atomic mass is 35.5. The van der Waals surface area contributed by atoms with Gasteiger partial charge in [-0.25, -0.2) is 21.6 Å². The first kappa shape index (κ1) is 17.3. The van der Waals surface area contributed by atoms with E-state index in [-0.39, 0.29) is 9.92 Å². The van der Waals surface area contributed by atoms with Crippen molar-refractivity contribution in [3.63, 3.8) is 0 Å². The van der Waals surface area contributed by atoms with Crippen LogP contribution in [0.25, 0.3) is 0 Å². The highest BCUT2D eigenvalue weighted by molar-refractivity contribution is 7.91. The van der Waals surface area contributed by atoms with Crippen molar-refractivity contribution in [1.82, 2.24) is 4.72 Å². The Morgan fingerprint density at radius 2 is 1.75 bits per heavy atom. The third kappa shape index (κ3) is 4.14. The summed E-state index contributed by atoms with van der Waals surface area (Å²) in [5.41, 5.74) is 0. The molecule has 3 N–H and O–H groups in total. The number of benzene rings is 1. The van der Waals surface area contributed by atoms with Gasteiger partial charge in [0, 0.05) is 6.26 Å². The van der Waals surface area contributed by atoms with Crippen molar-refractivity contribution in [2.45, 2.75) is 15.8 Å². The smallest absolute Gasteiger partial charge is 0.242 e. The number of rotatable bonds is 6. The molecule has 0 heterocycles. The molecule has 0 saturated heterocycles. The van der Waals surface area contributed by atoms with E-state index in [4.69, 9.17) is 21.8 Å². The molecule has 0 aliphatic carbocycles. The first-order chi connectivity index (χ1) is 9.11. The van der Waals surface area contributed by atoms with Crippen LogP contribution in [0, 0.1) is 0 Å². The summed E-state index contributed by atoms with van der Waals surface area (Å²) in [4.78, 5) is -0.638. The first-order valence-electron chi connectivity index (χ1n) is 5.35. The van der Waals surface area contributed by atoms with Crippen molar-refractivity contribution in [1.29, 1.82) is 0 Å². The number of aliphatic hydroxyl groups is 2. The normalized spacial score (nSPS) is 12.8. The minimum atomic E-state index is -4.16. The van der Waals surface area contributed by atoms with Gasteiger partial charge in [-0.15, -0.1) is 0 Å². The molecule has 0 aliphatic rings. The third-order valence-corrected chi connectivity index (χ3v) is 5.50. The van der Waals surface area contributed by atoms with Gasteiger partial charge < -0.3 is 10.2 Å². The van der Waals surface area contributed by atoms with Crippen molar-refractivity contribution in [3.05, 3.63) is 23.2 Å². The third-order valence-electron chi connectivity index (χ3n) is 2.38. The van der Waals surface area contributed by atoms with Gasteiger partial charge in [-0.3, -0.25) is 0 Å². The van der Waals surface area contributed by atoms with E-state index < -0.39 is 44.0 Å². The van der Waals surface area contributed by atoms with Gasteiger partial charge in [0.1, 0.15) is 4.90 Å². The fraction of sp³-hybridized carbons (Fsp3) is 0.400. The molecule has 114 valence electrons. The monoisotopic (exact) mass is 343 g/mol. The van der Waals surface area contributed by atoms with Gasteiger partial charge in [-0.1, -0.05) is 11.6 Å². The van der Waals surface area contributed by atoms with Gasteiger partial charge in [-0.2, -0.15) is 0 Å². The van der Waals surface area contributed by atoms with Crippen molar-refractivity contribution in [2.75, 3.05) is 19.5 Å². The van der Waals surface area contributed by atoms with Gasteiger partial charge in [0.2, 0.25) is 10.0 Å². The molecular formula is C10H14ClNO6S2. The summed E-state index contributed by atoms with van der Waals surface area (Å²) in [6.07, 6.45) is 0.935. The van der Waals surface area contributed by atoms with Gasteiger partial charge in [-0.05, 0) is 18.2 Å². The number of aliphatic hydroxyl groups excluding tert-OH is 2. The van der Waals surface area contributed by atoms with Crippen LogP contribution in [0.15, 0.2) is 28.0 Å². The number of nitrogens with one attached hydrogen (secondary N) is 1. The van der Waals surface area contributed by atoms with Crippen LogP contribution >= 0.6 is 11.6 Å². The first-order valence-corrected chi connectivity index (χ1v) is 9.10. The predicted octanol–water partition coefficient (Wildman–Crippen LogP) is -0.625. The van der Waals surface area contributed by atoms with Crippen molar-refractivity contribution >= 4 is 31.5 Å². The summed E-state index contributed by atoms with van der Waals surface area (Å²) in [6, 6.07) is 2.16. The number of hydrogen-bond acceptors (Lipinski definition) is 6. The lowest BCUT2D eigenvalue weighted by molar-refractivity contribution is 0.185. The van der Waals surface area contributed by atoms with E-state index in [1.54, 1.807) is 0 Å². The number of sulfone groups is 1. The zero-order chi connectivity index (χ0) is 15.6. The molecule has 20 heavy (non-hydrogen) atoms. The molecule has 0 unspecified atom stereocenters. The molecule has 0 atom stereocenters. The number of halogens is 1. The van der Waals surface area contributed by atoms with Gasteiger partial charge in [0.05, 0.1) is 29.2 Å². The zero-order valence-electron chi connectivity index (χ0n) is 10.4. The van der Waals surface area contributed by atoms with Crippen LogP contribution in [-0.2, 0) is 19.9 Å². The molecule has 1 rings (SSSR count). The topological polar surface area (TPSA) is 121 Å². The minimum Gasteiger partial charge on any atom is -0.395 e.